The van der Waals surface area contributed by atoms with Crippen LogP contribution >= 0.6 is 0 Å². The lowest BCUT2D eigenvalue weighted by Crippen LogP contribution is -2.02. The maximum atomic E-state index is 4.45. The van der Waals surface area contributed by atoms with Crippen LogP contribution in [0.5, 0.6) is 0 Å². The van der Waals surface area contributed by atoms with Gasteiger partial charge in [-0.2, -0.15) is 0 Å². The topological polar surface area (TPSA) is 37.8 Å². The molecule has 0 unspecified atom stereocenters. The first-order valence-corrected chi connectivity index (χ1v) is 5.75. The normalized spacial score (nSPS) is 10.3. The van der Waals surface area contributed by atoms with Crippen molar-refractivity contribution in [2.75, 3.05) is 12.4 Å². The third-order valence-electron chi connectivity index (χ3n) is 2.64. The summed E-state index contributed by atoms with van der Waals surface area (Å²) in [6.07, 6.45) is 0.774. The molecule has 0 aliphatic carbocycles. The number of hydrogen-bond acceptors (Lipinski definition) is 3. The molecule has 3 nitrogen and oxygen atoms in total. The Kier molecular flexibility index (Phi) is 3.38. The molecule has 1 heterocycles. The quantitative estimate of drug-likeness (QED) is 0.876. The molecule has 1 aromatic carbocycles. The summed E-state index contributed by atoms with van der Waals surface area (Å²) in [5, 5.41) is 3.05. The monoisotopic (exact) mass is 227 g/mol. The molecule has 0 saturated heterocycles. The van der Waals surface area contributed by atoms with Crippen molar-refractivity contribution < 1.29 is 0 Å². The molecule has 3 heteroatoms. The van der Waals surface area contributed by atoms with E-state index in [1.165, 1.54) is 11.1 Å². The first kappa shape index (κ1) is 11.6. The van der Waals surface area contributed by atoms with Gasteiger partial charge in [0.15, 0.2) is 0 Å². The first-order valence-electron chi connectivity index (χ1n) is 5.75. The van der Waals surface area contributed by atoms with E-state index in [2.05, 4.69) is 46.5 Å². The standard InChI is InChI=1S/C14H17N3/c1-10-4-6-12(7-5-10)9-14-16-11(2)8-13(15-3)17-14/h4-8H,9H2,1-3H3,(H,15,16,17). The molecule has 0 spiro atoms. The molecule has 0 aliphatic heterocycles. The molecule has 1 aromatic heterocycles. The molecule has 2 rings (SSSR count). The number of rotatable bonds is 3. The van der Waals surface area contributed by atoms with Crippen LogP contribution in [0.2, 0.25) is 0 Å². The van der Waals surface area contributed by atoms with E-state index < -0.39 is 0 Å². The number of hydrogen-bond donors (Lipinski definition) is 1. The lowest BCUT2D eigenvalue weighted by atomic mass is 10.1. The third kappa shape index (κ3) is 3.03. The molecule has 0 bridgehead atoms. The van der Waals surface area contributed by atoms with Crippen molar-refractivity contribution in [3.8, 4) is 0 Å². The van der Waals surface area contributed by atoms with E-state index in [4.69, 9.17) is 0 Å². The predicted octanol–water partition coefficient (Wildman–Crippen LogP) is 2.73. The molecule has 0 amide bonds. The lowest BCUT2D eigenvalue weighted by Gasteiger charge is -2.05. The minimum atomic E-state index is 0.774. The number of nitrogens with zero attached hydrogens (tertiary/aromatic N) is 2. The van der Waals surface area contributed by atoms with E-state index in [9.17, 15) is 0 Å². The molecule has 0 atom stereocenters. The Labute approximate surface area is 102 Å². The van der Waals surface area contributed by atoms with E-state index in [-0.39, 0.29) is 0 Å². The molecule has 1 N–H and O–H groups in total. The van der Waals surface area contributed by atoms with Gasteiger partial charge in [-0.15, -0.1) is 0 Å². The van der Waals surface area contributed by atoms with Crippen molar-refractivity contribution in [3.63, 3.8) is 0 Å². The first-order chi connectivity index (χ1) is 8.17. The third-order valence-corrected chi connectivity index (χ3v) is 2.64. The summed E-state index contributed by atoms with van der Waals surface area (Å²) in [5.74, 6) is 1.73. The van der Waals surface area contributed by atoms with Crippen LogP contribution in [0.15, 0.2) is 30.3 Å². The van der Waals surface area contributed by atoms with Crippen LogP contribution in [0, 0.1) is 13.8 Å². The van der Waals surface area contributed by atoms with Gasteiger partial charge in [-0.25, -0.2) is 9.97 Å². The second-order valence-corrected chi connectivity index (χ2v) is 4.22. The van der Waals surface area contributed by atoms with Crippen LogP contribution in [0.25, 0.3) is 0 Å². The van der Waals surface area contributed by atoms with Gasteiger partial charge in [0.05, 0.1) is 0 Å². The van der Waals surface area contributed by atoms with Gasteiger partial charge in [-0.1, -0.05) is 29.8 Å². The highest BCUT2D eigenvalue weighted by molar-refractivity contribution is 5.35. The number of aromatic nitrogens is 2. The Morgan fingerprint density at radius 3 is 2.41 bits per heavy atom. The summed E-state index contributed by atoms with van der Waals surface area (Å²) >= 11 is 0. The molecule has 0 radical (unpaired) electrons. The highest BCUT2D eigenvalue weighted by Gasteiger charge is 2.02. The van der Waals surface area contributed by atoms with Crippen molar-refractivity contribution in [2.45, 2.75) is 20.3 Å². The molecule has 88 valence electrons. The minimum absolute atomic E-state index is 0.774. The van der Waals surface area contributed by atoms with E-state index in [0.29, 0.717) is 0 Å². The summed E-state index contributed by atoms with van der Waals surface area (Å²) in [4.78, 5) is 8.90. The predicted molar refractivity (Wildman–Crippen MR) is 70.3 cm³/mol. The van der Waals surface area contributed by atoms with E-state index in [1.807, 2.05) is 20.0 Å². The maximum Gasteiger partial charge on any atom is 0.135 e. The van der Waals surface area contributed by atoms with Crippen LogP contribution < -0.4 is 5.32 Å². The van der Waals surface area contributed by atoms with Gasteiger partial charge in [0, 0.05) is 25.2 Å². The number of aryl methyl sites for hydroxylation is 2. The zero-order valence-electron chi connectivity index (χ0n) is 10.5. The zero-order valence-corrected chi connectivity index (χ0v) is 10.5. The zero-order chi connectivity index (χ0) is 12.3. The van der Waals surface area contributed by atoms with E-state index in [0.717, 1.165) is 23.8 Å². The van der Waals surface area contributed by atoms with Crippen molar-refractivity contribution in [2.24, 2.45) is 0 Å². The second-order valence-electron chi connectivity index (χ2n) is 4.22. The van der Waals surface area contributed by atoms with Crippen LogP contribution in [-0.4, -0.2) is 17.0 Å². The van der Waals surface area contributed by atoms with Crippen molar-refractivity contribution in [1.29, 1.82) is 0 Å². The van der Waals surface area contributed by atoms with Crippen LogP contribution in [0.1, 0.15) is 22.6 Å². The molecule has 0 aliphatic rings. The SMILES string of the molecule is CNc1cc(C)nc(Cc2ccc(C)cc2)n1. The molecule has 0 saturated carbocycles. The van der Waals surface area contributed by atoms with Gasteiger partial charge in [0.25, 0.3) is 0 Å². The molecule has 17 heavy (non-hydrogen) atoms. The van der Waals surface area contributed by atoms with Crippen molar-refractivity contribution in [3.05, 3.63) is 53.0 Å². The number of anilines is 1. The van der Waals surface area contributed by atoms with Crippen molar-refractivity contribution in [1.82, 2.24) is 9.97 Å². The fourth-order valence-corrected chi connectivity index (χ4v) is 1.73. The van der Waals surface area contributed by atoms with E-state index >= 15 is 0 Å². The lowest BCUT2D eigenvalue weighted by molar-refractivity contribution is 0.944. The molecular weight excluding hydrogens is 210 g/mol. The minimum Gasteiger partial charge on any atom is -0.373 e. The number of benzene rings is 1. The highest BCUT2D eigenvalue weighted by Crippen LogP contribution is 2.11. The maximum absolute atomic E-state index is 4.45. The summed E-state index contributed by atoms with van der Waals surface area (Å²) in [6.45, 7) is 4.08. The Morgan fingerprint density at radius 1 is 1.06 bits per heavy atom. The van der Waals surface area contributed by atoms with Crippen LogP contribution in [0.3, 0.4) is 0 Å². The Bertz CT molecular complexity index is 503. The van der Waals surface area contributed by atoms with Crippen LogP contribution in [0.4, 0.5) is 5.82 Å². The van der Waals surface area contributed by atoms with Gasteiger partial charge in [-0.3, -0.25) is 0 Å². The Balaban J connectivity index is 2.23. The molecule has 2 aromatic rings. The highest BCUT2D eigenvalue weighted by atomic mass is 15.0. The van der Waals surface area contributed by atoms with Gasteiger partial charge < -0.3 is 5.32 Å². The average molecular weight is 227 g/mol. The Hall–Kier alpha value is -1.90. The van der Waals surface area contributed by atoms with E-state index in [1.54, 1.807) is 0 Å². The molecule has 0 fully saturated rings. The summed E-state index contributed by atoms with van der Waals surface area (Å²) in [6, 6.07) is 10.4. The van der Waals surface area contributed by atoms with Gasteiger partial charge >= 0.3 is 0 Å². The van der Waals surface area contributed by atoms with Crippen molar-refractivity contribution >= 4 is 5.82 Å². The molecular formula is C14H17N3. The van der Waals surface area contributed by atoms with Gasteiger partial charge in [0.2, 0.25) is 0 Å². The largest absolute Gasteiger partial charge is 0.373 e. The smallest absolute Gasteiger partial charge is 0.135 e. The fraction of sp³-hybridized carbons (Fsp3) is 0.286. The van der Waals surface area contributed by atoms with Gasteiger partial charge in [0.1, 0.15) is 11.6 Å². The van der Waals surface area contributed by atoms with Crippen LogP contribution in [-0.2, 0) is 6.42 Å². The van der Waals surface area contributed by atoms with Gasteiger partial charge in [-0.05, 0) is 19.4 Å². The summed E-state index contributed by atoms with van der Waals surface area (Å²) in [5.41, 5.74) is 3.50. The average Bonchev–Trinajstić information content (AvgIpc) is 2.31. The number of nitrogens with one attached hydrogen (secondary N) is 1. The summed E-state index contributed by atoms with van der Waals surface area (Å²) in [7, 11) is 1.87. The Morgan fingerprint density at radius 2 is 1.76 bits per heavy atom. The summed E-state index contributed by atoms with van der Waals surface area (Å²) < 4.78 is 0. The fourth-order valence-electron chi connectivity index (χ4n) is 1.73. The second kappa shape index (κ2) is 4.95.